The van der Waals surface area contributed by atoms with Gasteiger partial charge in [-0.2, -0.15) is 0 Å². The minimum Gasteiger partial charge on any atom is -0.392 e. The Balaban J connectivity index is 2.66. The maximum absolute atomic E-state index is 12.6. The van der Waals surface area contributed by atoms with Gasteiger partial charge < -0.3 is 16.0 Å². The van der Waals surface area contributed by atoms with Crippen molar-refractivity contribution in [1.82, 2.24) is 10.2 Å². The zero-order valence-electron chi connectivity index (χ0n) is 13.3. The second kappa shape index (κ2) is 6.85. The van der Waals surface area contributed by atoms with E-state index >= 15 is 0 Å². The quantitative estimate of drug-likeness (QED) is 0.736. The van der Waals surface area contributed by atoms with Crippen molar-refractivity contribution in [2.45, 2.75) is 46.0 Å². The number of thiocarbonyl (C=S) groups is 1. The van der Waals surface area contributed by atoms with Gasteiger partial charge in [0.05, 0.1) is 10.4 Å². The van der Waals surface area contributed by atoms with E-state index in [9.17, 15) is 4.79 Å². The summed E-state index contributed by atoms with van der Waals surface area (Å²) >= 11 is 5.19. The molecule has 0 aromatic heterocycles. The zero-order valence-corrected chi connectivity index (χ0v) is 14.1. The summed E-state index contributed by atoms with van der Waals surface area (Å²) in [4.78, 5) is 15.1. The first kappa shape index (κ1) is 17.4. The molecule has 1 rings (SSSR count). The van der Waals surface area contributed by atoms with Crippen LogP contribution < -0.4 is 11.1 Å². The lowest BCUT2D eigenvalue weighted by Gasteiger charge is -2.36. The van der Waals surface area contributed by atoms with Gasteiger partial charge in [0.1, 0.15) is 0 Å². The van der Waals surface area contributed by atoms with Crippen LogP contribution in [0.1, 0.15) is 46.0 Å². The maximum Gasteiger partial charge on any atom is 0.233 e. The smallest absolute Gasteiger partial charge is 0.233 e. The van der Waals surface area contributed by atoms with Gasteiger partial charge in [0.15, 0.2) is 0 Å². The topological polar surface area (TPSA) is 58.4 Å². The average Bonchev–Trinajstić information content (AvgIpc) is 2.35. The van der Waals surface area contributed by atoms with Gasteiger partial charge in [0.2, 0.25) is 5.91 Å². The molecule has 4 nitrogen and oxygen atoms in total. The molecular weight excluding hydrogens is 270 g/mol. The maximum atomic E-state index is 12.6. The van der Waals surface area contributed by atoms with Crippen molar-refractivity contribution in [3.63, 3.8) is 0 Å². The van der Waals surface area contributed by atoms with E-state index in [1.807, 2.05) is 14.1 Å². The number of rotatable bonds is 6. The molecule has 0 radical (unpaired) electrons. The minimum absolute atomic E-state index is 0.0246. The van der Waals surface area contributed by atoms with E-state index in [1.165, 1.54) is 6.42 Å². The molecule has 0 aromatic carbocycles. The van der Waals surface area contributed by atoms with E-state index in [0.29, 0.717) is 11.5 Å². The zero-order chi connectivity index (χ0) is 15.4. The Morgan fingerprint density at radius 1 is 1.30 bits per heavy atom. The summed E-state index contributed by atoms with van der Waals surface area (Å²) in [6.45, 7) is 5.88. The average molecular weight is 299 g/mol. The lowest BCUT2D eigenvalue weighted by molar-refractivity contribution is -0.129. The normalized spacial score (nSPS) is 18.9. The van der Waals surface area contributed by atoms with E-state index < -0.39 is 5.41 Å². The van der Waals surface area contributed by atoms with Gasteiger partial charge in [-0.15, -0.1) is 0 Å². The van der Waals surface area contributed by atoms with Crippen LogP contribution in [0.5, 0.6) is 0 Å². The molecule has 0 saturated heterocycles. The molecule has 1 fully saturated rings. The van der Waals surface area contributed by atoms with Crippen molar-refractivity contribution in [1.29, 1.82) is 0 Å². The van der Waals surface area contributed by atoms with E-state index in [1.54, 1.807) is 0 Å². The molecule has 0 unspecified atom stereocenters. The largest absolute Gasteiger partial charge is 0.392 e. The van der Waals surface area contributed by atoms with Gasteiger partial charge in [-0.25, -0.2) is 0 Å². The standard InChI is InChI=1S/C15H29N3OS/c1-14(2,11-18(3)4)10-17-13(19)15(12(16)20)8-6-5-7-9-15/h5-11H2,1-4H3,(H2,16,20)(H,17,19). The van der Waals surface area contributed by atoms with Crippen LogP contribution >= 0.6 is 12.2 Å². The van der Waals surface area contributed by atoms with Gasteiger partial charge in [0.25, 0.3) is 0 Å². The molecule has 0 spiro atoms. The fourth-order valence-electron chi connectivity index (χ4n) is 3.14. The number of nitrogens with two attached hydrogens (primary N) is 1. The molecular formula is C15H29N3OS. The number of amides is 1. The van der Waals surface area contributed by atoms with E-state index in [2.05, 4.69) is 24.1 Å². The molecule has 0 heterocycles. The lowest BCUT2D eigenvalue weighted by atomic mass is 9.73. The van der Waals surface area contributed by atoms with E-state index in [0.717, 1.165) is 32.2 Å². The van der Waals surface area contributed by atoms with Crippen LogP contribution in [0, 0.1) is 10.8 Å². The lowest BCUT2D eigenvalue weighted by Crippen LogP contribution is -2.52. The summed E-state index contributed by atoms with van der Waals surface area (Å²) in [6.07, 6.45) is 4.83. The van der Waals surface area contributed by atoms with Gasteiger partial charge in [-0.1, -0.05) is 45.3 Å². The summed E-state index contributed by atoms with van der Waals surface area (Å²) in [7, 11) is 4.09. The summed E-state index contributed by atoms with van der Waals surface area (Å²) < 4.78 is 0. The second-order valence-electron chi connectivity index (χ2n) is 7.09. The van der Waals surface area contributed by atoms with E-state index in [-0.39, 0.29) is 11.3 Å². The Labute approximate surface area is 128 Å². The number of nitrogens with zero attached hydrogens (tertiary/aromatic N) is 1. The fraction of sp³-hybridized carbons (Fsp3) is 0.867. The molecule has 5 heteroatoms. The minimum atomic E-state index is -0.609. The highest BCUT2D eigenvalue weighted by Gasteiger charge is 2.42. The highest BCUT2D eigenvalue weighted by molar-refractivity contribution is 7.80. The van der Waals surface area contributed by atoms with E-state index in [4.69, 9.17) is 18.0 Å². The van der Waals surface area contributed by atoms with Crippen molar-refractivity contribution in [2.24, 2.45) is 16.6 Å². The van der Waals surface area contributed by atoms with Crippen molar-refractivity contribution in [2.75, 3.05) is 27.2 Å². The SMILES string of the molecule is CN(C)CC(C)(C)CNC(=O)C1(C(N)=S)CCCCC1. The molecule has 0 atom stereocenters. The number of carbonyl (C=O) groups excluding carboxylic acids is 1. The predicted octanol–water partition coefficient (Wildman–Crippen LogP) is 1.93. The molecule has 3 N–H and O–H groups in total. The Hall–Kier alpha value is -0.680. The Bertz CT molecular complexity index is 360. The number of nitrogens with one attached hydrogen (secondary N) is 1. The molecule has 1 saturated carbocycles. The van der Waals surface area contributed by atoms with Gasteiger partial charge >= 0.3 is 0 Å². The number of hydrogen-bond acceptors (Lipinski definition) is 3. The molecule has 0 aliphatic heterocycles. The van der Waals surface area contributed by atoms with Crippen LogP contribution in [-0.2, 0) is 4.79 Å². The first-order valence-electron chi connectivity index (χ1n) is 7.43. The molecule has 1 aliphatic carbocycles. The fourth-order valence-corrected chi connectivity index (χ4v) is 3.44. The Morgan fingerprint density at radius 2 is 1.85 bits per heavy atom. The molecule has 20 heavy (non-hydrogen) atoms. The van der Waals surface area contributed by atoms with Crippen molar-refractivity contribution in [3.05, 3.63) is 0 Å². The van der Waals surface area contributed by atoms with Crippen LogP contribution in [0.25, 0.3) is 0 Å². The third-order valence-corrected chi connectivity index (χ3v) is 4.48. The van der Waals surface area contributed by atoms with Gasteiger partial charge in [-0.3, -0.25) is 4.79 Å². The second-order valence-corrected chi connectivity index (χ2v) is 7.53. The van der Waals surface area contributed by atoms with Crippen LogP contribution in [0.4, 0.5) is 0 Å². The highest BCUT2D eigenvalue weighted by atomic mass is 32.1. The third kappa shape index (κ3) is 4.42. The Kier molecular flexibility index (Phi) is 5.95. The third-order valence-electron chi connectivity index (χ3n) is 4.09. The van der Waals surface area contributed by atoms with Crippen LogP contribution in [0.15, 0.2) is 0 Å². The first-order valence-corrected chi connectivity index (χ1v) is 7.83. The number of carbonyl (C=O) groups is 1. The Morgan fingerprint density at radius 3 is 2.30 bits per heavy atom. The van der Waals surface area contributed by atoms with Gasteiger partial charge in [0, 0.05) is 13.1 Å². The summed E-state index contributed by atoms with van der Waals surface area (Å²) in [5, 5.41) is 3.09. The summed E-state index contributed by atoms with van der Waals surface area (Å²) in [5.41, 5.74) is 5.31. The molecule has 0 bridgehead atoms. The molecule has 1 aliphatic rings. The van der Waals surface area contributed by atoms with Crippen molar-refractivity contribution in [3.8, 4) is 0 Å². The van der Waals surface area contributed by atoms with Crippen LogP contribution in [0.2, 0.25) is 0 Å². The van der Waals surface area contributed by atoms with Crippen molar-refractivity contribution >= 4 is 23.1 Å². The number of hydrogen-bond donors (Lipinski definition) is 2. The first-order chi connectivity index (χ1) is 9.19. The molecule has 116 valence electrons. The predicted molar refractivity (Wildman–Crippen MR) is 87.6 cm³/mol. The van der Waals surface area contributed by atoms with Crippen LogP contribution in [0.3, 0.4) is 0 Å². The summed E-state index contributed by atoms with van der Waals surface area (Å²) in [6, 6.07) is 0. The molecule has 0 aromatic rings. The monoisotopic (exact) mass is 299 g/mol. The van der Waals surface area contributed by atoms with Crippen LogP contribution in [-0.4, -0.2) is 43.0 Å². The summed E-state index contributed by atoms with van der Waals surface area (Å²) in [5.74, 6) is 0.0246. The highest BCUT2D eigenvalue weighted by Crippen LogP contribution is 2.37. The molecule has 1 amide bonds. The van der Waals surface area contributed by atoms with Crippen molar-refractivity contribution < 1.29 is 4.79 Å². The van der Waals surface area contributed by atoms with Gasteiger partial charge in [-0.05, 0) is 32.4 Å².